The molecule has 1 aromatic carbocycles. The maximum absolute atomic E-state index is 12.9. The van der Waals surface area contributed by atoms with E-state index in [1.165, 1.54) is 0 Å². The third-order valence-corrected chi connectivity index (χ3v) is 3.97. The van der Waals surface area contributed by atoms with Crippen LogP contribution in [-0.4, -0.2) is 19.5 Å². The lowest BCUT2D eigenvalue weighted by Gasteiger charge is -2.12. The van der Waals surface area contributed by atoms with Crippen LogP contribution in [0, 0.1) is 0 Å². The van der Waals surface area contributed by atoms with Crippen molar-refractivity contribution in [3.05, 3.63) is 69.9 Å². The molecule has 3 aromatic rings. The van der Waals surface area contributed by atoms with Gasteiger partial charge in [0.2, 0.25) is 11.9 Å². The molecule has 0 unspecified atom stereocenters. The number of aromatic nitrogens is 4. The summed E-state index contributed by atoms with van der Waals surface area (Å²) >= 11 is 0. The number of pyridine rings is 1. The molecular weight excluding hydrogens is 373 g/mol. The fraction of sp³-hybridized carbons (Fsp3) is 0.222. The van der Waals surface area contributed by atoms with E-state index >= 15 is 0 Å². The van der Waals surface area contributed by atoms with Gasteiger partial charge < -0.3 is 15.6 Å². The Hall–Kier alpha value is -3.43. The molecule has 28 heavy (non-hydrogen) atoms. The van der Waals surface area contributed by atoms with Gasteiger partial charge in [-0.15, -0.1) is 0 Å². The molecule has 7 nitrogen and oxygen atoms in total. The van der Waals surface area contributed by atoms with Gasteiger partial charge >= 0.3 is 6.18 Å². The number of para-hydroxylation sites is 1. The van der Waals surface area contributed by atoms with Crippen LogP contribution in [-0.2, 0) is 19.1 Å². The maximum atomic E-state index is 12.9. The highest BCUT2D eigenvalue weighted by Gasteiger charge is 2.31. The van der Waals surface area contributed by atoms with Gasteiger partial charge in [-0.1, -0.05) is 25.1 Å². The van der Waals surface area contributed by atoms with Crippen molar-refractivity contribution in [1.29, 1.82) is 0 Å². The number of hydrogen-bond acceptors (Lipinski definition) is 6. The van der Waals surface area contributed by atoms with Crippen LogP contribution in [0.5, 0.6) is 0 Å². The first-order chi connectivity index (χ1) is 13.3. The minimum atomic E-state index is -4.57. The van der Waals surface area contributed by atoms with E-state index in [0.717, 1.165) is 40.6 Å². The number of hydrogen-bond donors (Lipinski definition) is 2. The number of rotatable bonds is 5. The zero-order valence-corrected chi connectivity index (χ0v) is 14.9. The SMILES string of the molecule is CCc1ccccc1Nc1nc(N)nc(Cn2cc(C(F)(F)F)ccc2=O)n1. The first-order valence-corrected chi connectivity index (χ1v) is 8.39. The molecule has 146 valence electrons. The summed E-state index contributed by atoms with van der Waals surface area (Å²) in [6.45, 7) is 1.72. The zero-order chi connectivity index (χ0) is 20.3. The number of benzene rings is 1. The van der Waals surface area contributed by atoms with Gasteiger partial charge in [0.15, 0.2) is 5.82 Å². The number of alkyl halides is 3. The largest absolute Gasteiger partial charge is 0.417 e. The molecule has 0 atom stereocenters. The van der Waals surface area contributed by atoms with Gasteiger partial charge in [0.25, 0.3) is 5.56 Å². The first kappa shape index (κ1) is 19.3. The molecule has 0 saturated heterocycles. The highest BCUT2D eigenvalue weighted by molar-refractivity contribution is 5.58. The van der Waals surface area contributed by atoms with Crippen LogP contribution in [0.2, 0.25) is 0 Å². The van der Waals surface area contributed by atoms with Gasteiger partial charge in [0.1, 0.15) is 0 Å². The van der Waals surface area contributed by atoms with Crippen LogP contribution < -0.4 is 16.6 Å². The molecule has 2 aromatic heterocycles. The van der Waals surface area contributed by atoms with Crippen molar-refractivity contribution in [3.8, 4) is 0 Å². The Morgan fingerprint density at radius 1 is 1.11 bits per heavy atom. The second-order valence-corrected chi connectivity index (χ2v) is 5.95. The van der Waals surface area contributed by atoms with Crippen molar-refractivity contribution < 1.29 is 13.2 Å². The molecule has 3 N–H and O–H groups in total. The molecule has 0 saturated carbocycles. The molecule has 2 heterocycles. The van der Waals surface area contributed by atoms with Crippen LogP contribution in [0.15, 0.2) is 47.4 Å². The lowest BCUT2D eigenvalue weighted by atomic mass is 10.1. The summed E-state index contributed by atoms with van der Waals surface area (Å²) in [5, 5.41) is 3.03. The summed E-state index contributed by atoms with van der Waals surface area (Å²) in [7, 11) is 0. The molecule has 0 amide bonds. The molecule has 0 aliphatic carbocycles. The Balaban J connectivity index is 1.91. The summed E-state index contributed by atoms with van der Waals surface area (Å²) in [6, 6.07) is 9.11. The Morgan fingerprint density at radius 2 is 1.86 bits per heavy atom. The normalized spacial score (nSPS) is 11.4. The molecule has 0 spiro atoms. The molecule has 3 rings (SSSR count). The van der Waals surface area contributed by atoms with Gasteiger partial charge in [0.05, 0.1) is 12.1 Å². The Labute approximate surface area is 158 Å². The summed E-state index contributed by atoms with van der Waals surface area (Å²) in [5.41, 5.74) is 5.95. The molecular formula is C18H17F3N6O. The minimum absolute atomic E-state index is 0.0606. The smallest absolute Gasteiger partial charge is 0.368 e. The van der Waals surface area contributed by atoms with Crippen molar-refractivity contribution >= 4 is 17.6 Å². The number of nitrogens with two attached hydrogens (primary N) is 1. The van der Waals surface area contributed by atoms with Gasteiger partial charge in [0, 0.05) is 18.0 Å². The van der Waals surface area contributed by atoms with E-state index in [1.807, 2.05) is 31.2 Å². The van der Waals surface area contributed by atoms with Crippen LogP contribution >= 0.6 is 0 Å². The van der Waals surface area contributed by atoms with Crippen LogP contribution in [0.3, 0.4) is 0 Å². The van der Waals surface area contributed by atoms with Crippen molar-refractivity contribution in [3.63, 3.8) is 0 Å². The standard InChI is InChI=1S/C18H17F3N6O/c1-2-11-5-3-4-6-13(11)23-17-25-14(24-16(22)26-17)10-27-9-12(18(19,20)21)7-8-15(27)28/h3-9H,2,10H2,1H3,(H3,22,23,24,25,26). The molecule has 0 aliphatic heterocycles. The van der Waals surface area contributed by atoms with Crippen molar-refractivity contribution in [2.75, 3.05) is 11.1 Å². The minimum Gasteiger partial charge on any atom is -0.368 e. The highest BCUT2D eigenvalue weighted by atomic mass is 19.4. The van der Waals surface area contributed by atoms with Crippen molar-refractivity contribution in [2.45, 2.75) is 26.1 Å². The predicted octanol–water partition coefficient (Wildman–Crippen LogP) is 2.99. The van der Waals surface area contributed by atoms with Gasteiger partial charge in [-0.25, -0.2) is 0 Å². The van der Waals surface area contributed by atoms with E-state index in [1.54, 1.807) is 0 Å². The van der Waals surface area contributed by atoms with E-state index in [9.17, 15) is 18.0 Å². The number of nitrogens with zero attached hydrogens (tertiary/aromatic N) is 4. The predicted molar refractivity (Wildman–Crippen MR) is 98.1 cm³/mol. The summed E-state index contributed by atoms with van der Waals surface area (Å²) in [4.78, 5) is 24.0. The van der Waals surface area contributed by atoms with Crippen LogP contribution in [0.1, 0.15) is 23.9 Å². The Kier molecular flexibility index (Phi) is 5.30. The molecule has 0 fully saturated rings. The monoisotopic (exact) mass is 390 g/mol. The van der Waals surface area contributed by atoms with Gasteiger partial charge in [-0.3, -0.25) is 4.79 Å². The fourth-order valence-corrected chi connectivity index (χ4v) is 2.61. The lowest BCUT2D eigenvalue weighted by molar-refractivity contribution is -0.138. The number of nitrogens with one attached hydrogen (secondary N) is 1. The summed E-state index contributed by atoms with van der Waals surface area (Å²) in [6.07, 6.45) is -3.07. The second kappa shape index (κ2) is 7.67. The molecule has 10 heteroatoms. The number of anilines is 3. The van der Waals surface area contributed by atoms with E-state index < -0.39 is 17.3 Å². The average Bonchev–Trinajstić information content (AvgIpc) is 2.62. The molecule has 0 radical (unpaired) electrons. The zero-order valence-electron chi connectivity index (χ0n) is 14.9. The number of nitrogen functional groups attached to an aromatic ring is 1. The maximum Gasteiger partial charge on any atom is 0.417 e. The average molecular weight is 390 g/mol. The Bertz CT molecular complexity index is 1050. The van der Waals surface area contributed by atoms with Crippen molar-refractivity contribution in [1.82, 2.24) is 19.5 Å². The van der Waals surface area contributed by atoms with E-state index in [4.69, 9.17) is 5.73 Å². The quantitative estimate of drug-likeness (QED) is 0.695. The third kappa shape index (κ3) is 4.45. The van der Waals surface area contributed by atoms with E-state index in [-0.39, 0.29) is 24.3 Å². The fourth-order valence-electron chi connectivity index (χ4n) is 2.61. The highest BCUT2D eigenvalue weighted by Crippen LogP contribution is 2.28. The molecule has 0 bridgehead atoms. The summed E-state index contributed by atoms with van der Waals surface area (Å²) < 4.78 is 39.6. The van der Waals surface area contributed by atoms with Crippen LogP contribution in [0.25, 0.3) is 0 Å². The van der Waals surface area contributed by atoms with Crippen LogP contribution in [0.4, 0.5) is 30.8 Å². The topological polar surface area (TPSA) is 98.7 Å². The van der Waals surface area contributed by atoms with Gasteiger partial charge in [-0.05, 0) is 24.1 Å². The molecule has 0 aliphatic rings. The third-order valence-electron chi connectivity index (χ3n) is 3.97. The Morgan fingerprint density at radius 3 is 2.57 bits per heavy atom. The number of halogens is 3. The lowest BCUT2D eigenvalue weighted by Crippen LogP contribution is -2.23. The summed E-state index contributed by atoms with van der Waals surface area (Å²) in [5.74, 6) is 0.0929. The van der Waals surface area contributed by atoms with E-state index in [2.05, 4.69) is 20.3 Å². The van der Waals surface area contributed by atoms with E-state index in [0.29, 0.717) is 0 Å². The number of aryl methyl sites for hydroxylation is 1. The van der Waals surface area contributed by atoms with Crippen molar-refractivity contribution in [2.24, 2.45) is 0 Å². The first-order valence-electron chi connectivity index (χ1n) is 8.39. The second-order valence-electron chi connectivity index (χ2n) is 5.95. The van der Waals surface area contributed by atoms with Gasteiger partial charge in [-0.2, -0.15) is 28.1 Å².